The lowest BCUT2D eigenvalue weighted by molar-refractivity contribution is -0.142. The Labute approximate surface area is 118 Å². The van der Waals surface area contributed by atoms with Crippen molar-refractivity contribution < 1.29 is 28.6 Å². The molecule has 0 aromatic rings. The molecular formula is C13H23NO6. The van der Waals surface area contributed by atoms with Crippen LogP contribution in [0.15, 0.2) is 0 Å². The zero-order valence-electron chi connectivity index (χ0n) is 12.6. The van der Waals surface area contributed by atoms with Gasteiger partial charge in [-0.05, 0) is 27.7 Å². The lowest BCUT2D eigenvalue weighted by atomic mass is 10.1. The van der Waals surface area contributed by atoms with Gasteiger partial charge in [0, 0.05) is 6.92 Å². The van der Waals surface area contributed by atoms with Gasteiger partial charge in [0.25, 0.3) is 0 Å². The molecule has 0 saturated heterocycles. The number of ether oxygens (including phenoxy) is 3. The molecule has 0 aromatic carbocycles. The molecule has 0 aliphatic rings. The predicted molar refractivity (Wildman–Crippen MR) is 71.3 cm³/mol. The monoisotopic (exact) mass is 289 g/mol. The van der Waals surface area contributed by atoms with Crippen molar-refractivity contribution in [3.8, 4) is 0 Å². The number of hydrogen-bond donors (Lipinski definition) is 1. The summed E-state index contributed by atoms with van der Waals surface area (Å²) in [6.45, 7) is 8.16. The van der Waals surface area contributed by atoms with Gasteiger partial charge < -0.3 is 24.3 Å². The Morgan fingerprint density at radius 3 is 2.20 bits per heavy atom. The SMILES string of the molecule is CC(=O)OCCOC[C@@](C)(C=O)NC(=O)OC(C)(C)C. The topological polar surface area (TPSA) is 90.9 Å². The highest BCUT2D eigenvalue weighted by atomic mass is 16.6. The summed E-state index contributed by atoms with van der Waals surface area (Å²) in [7, 11) is 0. The Morgan fingerprint density at radius 2 is 1.75 bits per heavy atom. The van der Waals surface area contributed by atoms with Crippen molar-refractivity contribution in [2.24, 2.45) is 0 Å². The van der Waals surface area contributed by atoms with E-state index in [1.807, 2.05) is 0 Å². The third-order valence-electron chi connectivity index (χ3n) is 1.98. The maximum atomic E-state index is 11.6. The minimum Gasteiger partial charge on any atom is -0.463 e. The van der Waals surface area contributed by atoms with Crippen LogP contribution in [0.3, 0.4) is 0 Å². The van der Waals surface area contributed by atoms with Crippen molar-refractivity contribution in [1.29, 1.82) is 0 Å². The Bertz CT molecular complexity index is 349. The van der Waals surface area contributed by atoms with Gasteiger partial charge in [-0.1, -0.05) is 0 Å². The van der Waals surface area contributed by atoms with E-state index in [4.69, 9.17) is 9.47 Å². The van der Waals surface area contributed by atoms with Crippen LogP contribution in [-0.4, -0.2) is 49.3 Å². The number of rotatable bonds is 7. The average Bonchev–Trinajstić information content (AvgIpc) is 2.25. The van der Waals surface area contributed by atoms with Gasteiger partial charge in [0.1, 0.15) is 24.0 Å². The first-order valence-electron chi connectivity index (χ1n) is 6.26. The Kier molecular flexibility index (Phi) is 7.20. The standard InChI is InChI=1S/C13H23NO6/c1-10(16)19-7-6-18-9-13(5,8-15)14-11(17)20-12(2,3)4/h8H,6-7,9H2,1-5H3,(H,14,17)/t13-/m1/s1. The van der Waals surface area contributed by atoms with E-state index >= 15 is 0 Å². The molecule has 7 heteroatoms. The summed E-state index contributed by atoms with van der Waals surface area (Å²) in [5.74, 6) is -0.404. The van der Waals surface area contributed by atoms with Crippen LogP contribution in [0.2, 0.25) is 0 Å². The van der Waals surface area contributed by atoms with Crippen molar-refractivity contribution in [3.63, 3.8) is 0 Å². The van der Waals surface area contributed by atoms with E-state index < -0.39 is 23.2 Å². The van der Waals surface area contributed by atoms with Crippen LogP contribution in [0.25, 0.3) is 0 Å². The number of aldehydes is 1. The van der Waals surface area contributed by atoms with Gasteiger partial charge in [0.15, 0.2) is 0 Å². The summed E-state index contributed by atoms with van der Waals surface area (Å²) < 4.78 is 14.9. The van der Waals surface area contributed by atoms with Gasteiger partial charge in [-0.2, -0.15) is 0 Å². The zero-order chi connectivity index (χ0) is 15.8. The second kappa shape index (κ2) is 7.84. The summed E-state index contributed by atoms with van der Waals surface area (Å²) >= 11 is 0. The molecule has 1 N–H and O–H groups in total. The fraction of sp³-hybridized carbons (Fsp3) is 0.769. The molecule has 0 unspecified atom stereocenters. The van der Waals surface area contributed by atoms with Crippen molar-refractivity contribution >= 4 is 18.3 Å². The first-order valence-corrected chi connectivity index (χ1v) is 6.26. The predicted octanol–water partition coefficient (Wildman–Crippen LogP) is 1.05. The van der Waals surface area contributed by atoms with Gasteiger partial charge in [-0.15, -0.1) is 0 Å². The van der Waals surface area contributed by atoms with Crippen LogP contribution in [0.4, 0.5) is 4.79 Å². The van der Waals surface area contributed by atoms with Crippen LogP contribution in [0, 0.1) is 0 Å². The van der Waals surface area contributed by atoms with Crippen molar-refractivity contribution in [3.05, 3.63) is 0 Å². The zero-order valence-corrected chi connectivity index (χ0v) is 12.6. The number of carbonyl (C=O) groups excluding carboxylic acids is 3. The molecule has 0 fully saturated rings. The highest BCUT2D eigenvalue weighted by molar-refractivity contribution is 5.76. The second-order valence-electron chi connectivity index (χ2n) is 5.55. The molecule has 0 rings (SSSR count). The van der Waals surface area contributed by atoms with Crippen LogP contribution in [0.1, 0.15) is 34.6 Å². The van der Waals surface area contributed by atoms with E-state index in [1.54, 1.807) is 20.8 Å². The molecule has 116 valence electrons. The minimum absolute atomic E-state index is 0.0446. The van der Waals surface area contributed by atoms with E-state index in [1.165, 1.54) is 13.8 Å². The lowest BCUT2D eigenvalue weighted by Gasteiger charge is -2.27. The Morgan fingerprint density at radius 1 is 1.15 bits per heavy atom. The number of hydrogen-bond acceptors (Lipinski definition) is 6. The lowest BCUT2D eigenvalue weighted by Crippen LogP contribution is -2.52. The fourth-order valence-electron chi connectivity index (χ4n) is 1.16. The number of amides is 1. The third-order valence-corrected chi connectivity index (χ3v) is 1.98. The van der Waals surface area contributed by atoms with E-state index in [0.29, 0.717) is 6.29 Å². The van der Waals surface area contributed by atoms with Crippen LogP contribution in [-0.2, 0) is 23.8 Å². The summed E-state index contributed by atoms with van der Waals surface area (Å²) in [6, 6.07) is 0. The molecule has 0 radical (unpaired) electrons. The normalized spacial score (nSPS) is 14.1. The van der Waals surface area contributed by atoms with E-state index in [9.17, 15) is 14.4 Å². The van der Waals surface area contributed by atoms with Gasteiger partial charge in [0.2, 0.25) is 0 Å². The molecule has 7 nitrogen and oxygen atoms in total. The molecule has 0 heterocycles. The number of nitrogens with one attached hydrogen (secondary N) is 1. The summed E-state index contributed by atoms with van der Waals surface area (Å²) in [5.41, 5.74) is -1.84. The van der Waals surface area contributed by atoms with Crippen LogP contribution >= 0.6 is 0 Å². The quantitative estimate of drug-likeness (QED) is 0.428. The number of carbonyl (C=O) groups is 3. The molecule has 0 spiro atoms. The molecular weight excluding hydrogens is 266 g/mol. The third kappa shape index (κ3) is 9.32. The van der Waals surface area contributed by atoms with E-state index in [0.717, 1.165) is 0 Å². The summed E-state index contributed by atoms with van der Waals surface area (Å²) in [6.07, 6.45) is -0.126. The molecule has 0 saturated carbocycles. The first-order chi connectivity index (χ1) is 9.08. The largest absolute Gasteiger partial charge is 0.463 e. The van der Waals surface area contributed by atoms with Crippen molar-refractivity contribution in [2.75, 3.05) is 19.8 Å². The van der Waals surface area contributed by atoms with Crippen molar-refractivity contribution in [2.45, 2.75) is 45.8 Å². The summed E-state index contributed by atoms with van der Waals surface area (Å²) in [5, 5.41) is 2.44. The maximum Gasteiger partial charge on any atom is 0.408 e. The fourth-order valence-corrected chi connectivity index (χ4v) is 1.16. The highest BCUT2D eigenvalue weighted by Crippen LogP contribution is 2.09. The van der Waals surface area contributed by atoms with E-state index in [-0.39, 0.29) is 19.8 Å². The average molecular weight is 289 g/mol. The minimum atomic E-state index is -1.20. The molecule has 0 aliphatic carbocycles. The van der Waals surface area contributed by atoms with Crippen LogP contribution < -0.4 is 5.32 Å². The molecule has 1 atom stereocenters. The Balaban J connectivity index is 4.16. The summed E-state index contributed by atoms with van der Waals surface area (Å²) in [4.78, 5) is 33.2. The van der Waals surface area contributed by atoms with Gasteiger partial charge in [-0.25, -0.2) is 4.79 Å². The number of esters is 1. The second-order valence-corrected chi connectivity index (χ2v) is 5.55. The first kappa shape index (κ1) is 18.4. The molecule has 0 bridgehead atoms. The highest BCUT2D eigenvalue weighted by Gasteiger charge is 2.28. The number of alkyl carbamates (subject to hydrolysis) is 1. The van der Waals surface area contributed by atoms with Gasteiger partial charge in [-0.3, -0.25) is 4.79 Å². The molecule has 20 heavy (non-hydrogen) atoms. The van der Waals surface area contributed by atoms with Crippen molar-refractivity contribution in [1.82, 2.24) is 5.32 Å². The molecule has 1 amide bonds. The smallest absolute Gasteiger partial charge is 0.408 e. The van der Waals surface area contributed by atoms with E-state index in [2.05, 4.69) is 10.1 Å². The maximum absolute atomic E-state index is 11.6. The van der Waals surface area contributed by atoms with Crippen LogP contribution in [0.5, 0.6) is 0 Å². The molecule has 0 aliphatic heterocycles. The van der Waals surface area contributed by atoms with Gasteiger partial charge >= 0.3 is 12.1 Å². The molecule has 0 aromatic heterocycles. The Hall–Kier alpha value is -1.63. The van der Waals surface area contributed by atoms with Gasteiger partial charge in [0.05, 0.1) is 13.2 Å².